The fourth-order valence-electron chi connectivity index (χ4n) is 5.16. The zero-order chi connectivity index (χ0) is 31.7. The summed E-state index contributed by atoms with van der Waals surface area (Å²) in [5, 5.41) is 9.62. The number of thiazole rings is 1. The standard InChI is InChI=1S/C34H30FN3O4S3/c1-3-42-34(39)29-20-44-33(37-29)31-17-27(26-6-4-5-22(14-26)7-10-25-13-21(2)43-19-25)30(38(31)18-23-8-9-23)16-24-11-12-32(28(35)15-24)45(36,40)41/h4-6,11-15,17,19-20,23H,3,8-9,16,18H2,1-2H3,(H2,36,40,41). The SMILES string of the molecule is CCOC(=O)c1csc(-c2cc(-c3cccc(C#Cc4csc(C)c4)c3)c(Cc3ccc(S(N)(=O)=O)c(F)c3)n2CC2CC2)n1. The maximum atomic E-state index is 15.0. The van der Waals surface area contributed by atoms with Gasteiger partial charge in [-0.2, -0.15) is 0 Å². The van der Waals surface area contributed by atoms with Crippen LogP contribution in [0.2, 0.25) is 0 Å². The molecule has 45 heavy (non-hydrogen) atoms. The molecule has 0 unspecified atom stereocenters. The number of rotatable bonds is 9. The van der Waals surface area contributed by atoms with Crippen molar-refractivity contribution >= 4 is 38.7 Å². The molecule has 0 amide bonds. The van der Waals surface area contributed by atoms with E-state index >= 15 is 0 Å². The molecule has 0 radical (unpaired) electrons. The van der Waals surface area contributed by atoms with Crippen molar-refractivity contribution in [3.05, 3.63) is 104 Å². The lowest BCUT2D eigenvalue weighted by molar-refractivity contribution is 0.0520. The number of carbonyl (C=O) groups is 1. The van der Waals surface area contributed by atoms with Gasteiger partial charge in [0.1, 0.15) is 15.7 Å². The van der Waals surface area contributed by atoms with Gasteiger partial charge in [0, 0.05) is 51.0 Å². The lowest BCUT2D eigenvalue weighted by Crippen LogP contribution is -2.14. The number of halogens is 1. The maximum absolute atomic E-state index is 15.0. The van der Waals surface area contributed by atoms with Crippen LogP contribution in [0.15, 0.2) is 70.3 Å². The van der Waals surface area contributed by atoms with Gasteiger partial charge in [-0.25, -0.2) is 27.7 Å². The fourth-order valence-corrected chi connectivity index (χ4v) is 7.20. The number of hydrogen-bond donors (Lipinski definition) is 1. The topological polar surface area (TPSA) is 104 Å². The molecule has 7 nitrogen and oxygen atoms in total. The Morgan fingerprint density at radius 1 is 1.09 bits per heavy atom. The van der Waals surface area contributed by atoms with Gasteiger partial charge in [0.2, 0.25) is 10.0 Å². The number of hydrogen-bond acceptors (Lipinski definition) is 7. The average molecular weight is 660 g/mol. The molecule has 2 aromatic carbocycles. The van der Waals surface area contributed by atoms with E-state index in [1.165, 1.54) is 28.3 Å². The number of carbonyl (C=O) groups excluding carboxylic acids is 1. The Morgan fingerprint density at radius 3 is 2.58 bits per heavy atom. The third-order valence-corrected chi connectivity index (χ3v) is 10.2. The number of aromatic nitrogens is 2. The summed E-state index contributed by atoms with van der Waals surface area (Å²) in [6.45, 7) is 4.79. The van der Waals surface area contributed by atoms with Crippen LogP contribution < -0.4 is 5.14 Å². The molecule has 6 rings (SSSR count). The minimum absolute atomic E-state index is 0.251. The first-order valence-electron chi connectivity index (χ1n) is 14.4. The monoisotopic (exact) mass is 659 g/mol. The van der Waals surface area contributed by atoms with Gasteiger partial charge in [0.25, 0.3) is 0 Å². The Hall–Kier alpha value is -4.08. The van der Waals surface area contributed by atoms with Crippen LogP contribution >= 0.6 is 22.7 Å². The fraction of sp³-hybridized carbons (Fsp3) is 0.235. The summed E-state index contributed by atoms with van der Waals surface area (Å²) < 4.78 is 46.0. The van der Waals surface area contributed by atoms with E-state index in [1.807, 2.05) is 36.6 Å². The minimum Gasteiger partial charge on any atom is -0.461 e. The van der Waals surface area contributed by atoms with E-state index in [9.17, 15) is 17.6 Å². The Bertz CT molecular complexity index is 2080. The summed E-state index contributed by atoms with van der Waals surface area (Å²) in [6, 6.07) is 16.1. The van der Waals surface area contributed by atoms with E-state index in [2.05, 4.69) is 33.5 Å². The number of benzene rings is 2. The summed E-state index contributed by atoms with van der Waals surface area (Å²) in [5.41, 5.74) is 6.28. The van der Waals surface area contributed by atoms with Crippen LogP contribution in [0.4, 0.5) is 4.39 Å². The number of thiophene rings is 1. The molecular formula is C34H30FN3O4S3. The molecule has 1 saturated carbocycles. The molecule has 0 bridgehead atoms. The molecule has 0 spiro atoms. The molecule has 0 saturated heterocycles. The van der Waals surface area contributed by atoms with E-state index in [0.717, 1.165) is 53.0 Å². The largest absolute Gasteiger partial charge is 0.461 e. The molecular weight excluding hydrogens is 630 g/mol. The van der Waals surface area contributed by atoms with Crippen molar-refractivity contribution in [1.29, 1.82) is 0 Å². The van der Waals surface area contributed by atoms with Crippen LogP contribution in [0.5, 0.6) is 0 Å². The molecule has 3 heterocycles. The molecule has 230 valence electrons. The van der Waals surface area contributed by atoms with Crippen molar-refractivity contribution in [2.75, 3.05) is 6.61 Å². The lowest BCUT2D eigenvalue weighted by atomic mass is 9.99. The molecule has 1 aliphatic rings. The normalized spacial score (nSPS) is 13.0. The Morgan fingerprint density at radius 2 is 1.89 bits per heavy atom. The summed E-state index contributed by atoms with van der Waals surface area (Å²) >= 11 is 3.02. The molecule has 1 fully saturated rings. The number of aryl methyl sites for hydroxylation is 1. The molecule has 0 atom stereocenters. The molecule has 3 aromatic heterocycles. The first kappa shape index (κ1) is 30.9. The Kier molecular flexibility index (Phi) is 8.75. The minimum atomic E-state index is -4.20. The highest BCUT2D eigenvalue weighted by Crippen LogP contribution is 2.40. The summed E-state index contributed by atoms with van der Waals surface area (Å²) in [4.78, 5) is 17.7. The highest BCUT2D eigenvalue weighted by molar-refractivity contribution is 7.89. The first-order valence-corrected chi connectivity index (χ1v) is 17.7. The van der Waals surface area contributed by atoms with Crippen LogP contribution in [0.3, 0.4) is 0 Å². The highest BCUT2D eigenvalue weighted by Gasteiger charge is 2.28. The lowest BCUT2D eigenvalue weighted by Gasteiger charge is -2.15. The van der Waals surface area contributed by atoms with Gasteiger partial charge in [-0.15, -0.1) is 22.7 Å². The van der Waals surface area contributed by atoms with Crippen molar-refractivity contribution in [3.63, 3.8) is 0 Å². The van der Waals surface area contributed by atoms with Crippen LogP contribution in [0.25, 0.3) is 21.8 Å². The van der Waals surface area contributed by atoms with Crippen LogP contribution in [0, 0.1) is 30.5 Å². The van der Waals surface area contributed by atoms with Gasteiger partial charge >= 0.3 is 5.97 Å². The predicted molar refractivity (Wildman–Crippen MR) is 175 cm³/mol. The van der Waals surface area contributed by atoms with E-state index in [4.69, 9.17) is 9.88 Å². The highest BCUT2D eigenvalue weighted by atomic mass is 32.2. The molecule has 11 heteroatoms. The Labute approximate surface area is 269 Å². The number of sulfonamides is 1. The maximum Gasteiger partial charge on any atom is 0.357 e. The van der Waals surface area contributed by atoms with Crippen molar-refractivity contribution < 1.29 is 22.3 Å². The van der Waals surface area contributed by atoms with E-state index in [1.54, 1.807) is 29.7 Å². The van der Waals surface area contributed by atoms with Crippen LogP contribution in [-0.4, -0.2) is 30.5 Å². The zero-order valence-corrected chi connectivity index (χ0v) is 27.1. The molecule has 5 aromatic rings. The molecule has 1 aliphatic carbocycles. The van der Waals surface area contributed by atoms with Crippen molar-refractivity contribution in [1.82, 2.24) is 9.55 Å². The van der Waals surface area contributed by atoms with Gasteiger partial charge in [0.15, 0.2) is 5.69 Å². The average Bonchev–Trinajstić information content (AvgIpc) is 3.34. The van der Waals surface area contributed by atoms with Crippen LogP contribution in [0.1, 0.15) is 57.5 Å². The summed E-state index contributed by atoms with van der Waals surface area (Å²) in [6.07, 6.45) is 2.52. The molecule has 0 aliphatic heterocycles. The number of ether oxygens (including phenoxy) is 1. The second-order valence-corrected chi connectivity index (χ2v) is 14.5. The van der Waals surface area contributed by atoms with Crippen LogP contribution in [-0.2, 0) is 27.7 Å². The van der Waals surface area contributed by atoms with Gasteiger partial charge in [-0.3, -0.25) is 0 Å². The van der Waals surface area contributed by atoms with Crippen molar-refractivity contribution in [2.24, 2.45) is 11.1 Å². The number of nitrogens with zero attached hydrogens (tertiary/aromatic N) is 2. The molecule has 2 N–H and O–H groups in total. The predicted octanol–water partition coefficient (Wildman–Crippen LogP) is 7.01. The zero-order valence-electron chi connectivity index (χ0n) is 24.7. The summed E-state index contributed by atoms with van der Waals surface area (Å²) in [5.74, 6) is 5.64. The second kappa shape index (κ2) is 12.7. The van der Waals surface area contributed by atoms with E-state index in [-0.39, 0.29) is 12.3 Å². The first-order chi connectivity index (χ1) is 21.6. The van der Waals surface area contributed by atoms with Gasteiger partial charge in [0.05, 0.1) is 12.3 Å². The summed E-state index contributed by atoms with van der Waals surface area (Å²) in [7, 11) is -4.20. The third kappa shape index (κ3) is 7.10. The number of primary sulfonamides is 1. The van der Waals surface area contributed by atoms with Gasteiger partial charge in [-0.05, 0) is 80.1 Å². The Balaban J connectivity index is 1.48. The van der Waals surface area contributed by atoms with Crippen molar-refractivity contribution in [2.45, 2.75) is 44.6 Å². The number of esters is 1. The van der Waals surface area contributed by atoms with Gasteiger partial charge in [-0.1, -0.05) is 30.0 Å². The second-order valence-electron chi connectivity index (χ2n) is 11.0. The third-order valence-electron chi connectivity index (χ3n) is 7.48. The van der Waals surface area contributed by atoms with Crippen molar-refractivity contribution in [3.8, 4) is 33.7 Å². The quantitative estimate of drug-likeness (QED) is 0.135. The van der Waals surface area contributed by atoms with Gasteiger partial charge < -0.3 is 9.30 Å². The smallest absolute Gasteiger partial charge is 0.357 e. The van der Waals surface area contributed by atoms with E-state index in [0.29, 0.717) is 22.9 Å². The number of nitrogens with two attached hydrogens (primary N) is 1. The van der Waals surface area contributed by atoms with E-state index < -0.39 is 26.7 Å².